The van der Waals surface area contributed by atoms with Crippen LogP contribution in [0, 0.1) is 0 Å². The lowest BCUT2D eigenvalue weighted by Crippen LogP contribution is -2.30. The van der Waals surface area contributed by atoms with Gasteiger partial charge in [0.25, 0.3) is 5.91 Å². The van der Waals surface area contributed by atoms with Crippen molar-refractivity contribution in [3.05, 3.63) is 84.4 Å². The Morgan fingerprint density at radius 2 is 1.39 bits per heavy atom. The van der Waals surface area contributed by atoms with Crippen LogP contribution in [0.2, 0.25) is 0 Å². The Morgan fingerprint density at radius 3 is 2.07 bits per heavy atom. The summed E-state index contributed by atoms with van der Waals surface area (Å²) in [5, 5.41) is 2.88. The van der Waals surface area contributed by atoms with E-state index in [2.05, 4.69) is 19.2 Å². The van der Waals surface area contributed by atoms with E-state index in [1.807, 2.05) is 78.9 Å². The summed E-state index contributed by atoms with van der Waals surface area (Å²) in [5.41, 5.74) is 1.78. The van der Waals surface area contributed by atoms with Crippen molar-refractivity contribution in [1.82, 2.24) is 0 Å². The summed E-state index contributed by atoms with van der Waals surface area (Å²) in [4.78, 5) is 12.5. The van der Waals surface area contributed by atoms with Crippen molar-refractivity contribution in [3.63, 3.8) is 0 Å². The van der Waals surface area contributed by atoms with Crippen LogP contribution in [0.1, 0.15) is 32.3 Å². The summed E-state index contributed by atoms with van der Waals surface area (Å²) in [6, 6.07) is 24.6. The molecule has 0 aromatic heterocycles. The molecule has 0 aliphatic carbocycles. The summed E-state index contributed by atoms with van der Waals surface area (Å²) >= 11 is 0. The molecule has 1 N–H and O–H groups in total. The van der Waals surface area contributed by atoms with Gasteiger partial charge in [-0.2, -0.15) is 0 Å². The van der Waals surface area contributed by atoms with Gasteiger partial charge in [0.05, 0.1) is 0 Å². The fraction of sp³-hybridized carbons (Fsp3) is 0.208. The molecule has 0 bridgehead atoms. The van der Waals surface area contributed by atoms with Gasteiger partial charge >= 0.3 is 0 Å². The van der Waals surface area contributed by atoms with Gasteiger partial charge < -0.3 is 14.8 Å². The minimum atomic E-state index is -0.611. The molecule has 3 aromatic carbocycles. The fourth-order valence-electron chi connectivity index (χ4n) is 2.78. The van der Waals surface area contributed by atoms with Crippen molar-refractivity contribution in [2.75, 3.05) is 5.32 Å². The highest BCUT2D eigenvalue weighted by Gasteiger charge is 2.17. The third-order valence-electron chi connectivity index (χ3n) is 4.31. The van der Waals surface area contributed by atoms with E-state index in [-0.39, 0.29) is 5.91 Å². The molecule has 3 aromatic rings. The van der Waals surface area contributed by atoms with E-state index in [0.29, 0.717) is 17.4 Å². The normalized spacial score (nSPS) is 11.7. The maximum absolute atomic E-state index is 12.5. The SMILES string of the molecule is CC(Oc1ccccc1C(C)C)C(=O)Nc1ccc(Oc2ccccc2)cc1. The van der Waals surface area contributed by atoms with Gasteiger partial charge in [-0.15, -0.1) is 0 Å². The summed E-state index contributed by atoms with van der Waals surface area (Å²) in [7, 11) is 0. The highest BCUT2D eigenvalue weighted by atomic mass is 16.5. The van der Waals surface area contributed by atoms with Crippen LogP contribution in [-0.4, -0.2) is 12.0 Å². The van der Waals surface area contributed by atoms with E-state index in [1.165, 1.54) is 0 Å². The summed E-state index contributed by atoms with van der Waals surface area (Å²) in [5.74, 6) is 2.34. The molecule has 0 radical (unpaired) electrons. The minimum absolute atomic E-state index is 0.199. The van der Waals surface area contributed by atoms with Crippen LogP contribution in [0.15, 0.2) is 78.9 Å². The number of carbonyl (C=O) groups is 1. The highest BCUT2D eigenvalue weighted by molar-refractivity contribution is 5.94. The topological polar surface area (TPSA) is 47.6 Å². The van der Waals surface area contributed by atoms with Crippen LogP contribution in [0.4, 0.5) is 5.69 Å². The fourth-order valence-corrected chi connectivity index (χ4v) is 2.78. The van der Waals surface area contributed by atoms with E-state index >= 15 is 0 Å². The second-order valence-corrected chi connectivity index (χ2v) is 6.88. The van der Waals surface area contributed by atoms with Gasteiger partial charge in [-0.05, 0) is 60.9 Å². The van der Waals surface area contributed by atoms with Crippen molar-refractivity contribution in [3.8, 4) is 17.2 Å². The molecular weight excluding hydrogens is 350 g/mol. The van der Waals surface area contributed by atoms with Gasteiger partial charge in [-0.3, -0.25) is 4.79 Å². The number of ether oxygens (including phenoxy) is 2. The minimum Gasteiger partial charge on any atom is -0.481 e. The third kappa shape index (κ3) is 5.13. The lowest BCUT2D eigenvalue weighted by molar-refractivity contribution is -0.122. The van der Waals surface area contributed by atoms with Crippen molar-refractivity contribution in [2.45, 2.75) is 32.8 Å². The number of carbonyl (C=O) groups excluding carboxylic acids is 1. The summed E-state index contributed by atoms with van der Waals surface area (Å²) in [6.07, 6.45) is -0.611. The average Bonchev–Trinajstić information content (AvgIpc) is 2.70. The Balaban J connectivity index is 1.60. The highest BCUT2D eigenvalue weighted by Crippen LogP contribution is 2.27. The first-order valence-electron chi connectivity index (χ1n) is 9.42. The molecule has 0 spiro atoms. The second-order valence-electron chi connectivity index (χ2n) is 6.88. The molecule has 0 fully saturated rings. The van der Waals surface area contributed by atoms with Gasteiger partial charge in [0.2, 0.25) is 0 Å². The zero-order valence-corrected chi connectivity index (χ0v) is 16.4. The Morgan fingerprint density at radius 1 is 0.786 bits per heavy atom. The predicted molar refractivity (Wildman–Crippen MR) is 112 cm³/mol. The quantitative estimate of drug-likeness (QED) is 0.550. The molecule has 144 valence electrons. The Bertz CT molecular complexity index is 905. The molecule has 1 atom stereocenters. The van der Waals surface area contributed by atoms with Gasteiger partial charge in [0, 0.05) is 5.69 Å². The number of hydrogen-bond donors (Lipinski definition) is 1. The lowest BCUT2D eigenvalue weighted by atomic mass is 10.0. The number of amides is 1. The number of anilines is 1. The molecule has 0 aliphatic heterocycles. The van der Waals surface area contributed by atoms with Crippen molar-refractivity contribution >= 4 is 11.6 Å². The van der Waals surface area contributed by atoms with Crippen molar-refractivity contribution in [2.24, 2.45) is 0 Å². The standard InChI is InChI=1S/C24H25NO3/c1-17(2)22-11-7-8-12-23(22)27-18(3)24(26)25-19-13-15-21(16-14-19)28-20-9-5-4-6-10-20/h4-18H,1-3H3,(H,25,26). The maximum atomic E-state index is 12.5. The van der Waals surface area contributed by atoms with Crippen LogP contribution in [0.5, 0.6) is 17.2 Å². The predicted octanol–water partition coefficient (Wildman–Crippen LogP) is 6.01. The van der Waals surface area contributed by atoms with Crippen LogP contribution >= 0.6 is 0 Å². The number of rotatable bonds is 7. The van der Waals surface area contributed by atoms with Crippen LogP contribution < -0.4 is 14.8 Å². The van der Waals surface area contributed by atoms with Crippen LogP contribution in [-0.2, 0) is 4.79 Å². The lowest BCUT2D eigenvalue weighted by Gasteiger charge is -2.18. The van der Waals surface area contributed by atoms with E-state index < -0.39 is 6.10 Å². The molecule has 4 nitrogen and oxygen atoms in total. The molecule has 1 unspecified atom stereocenters. The van der Waals surface area contributed by atoms with E-state index in [1.54, 1.807) is 6.92 Å². The second kappa shape index (κ2) is 9.09. The maximum Gasteiger partial charge on any atom is 0.265 e. The van der Waals surface area contributed by atoms with E-state index in [0.717, 1.165) is 17.1 Å². The Kier molecular flexibility index (Phi) is 6.33. The Hall–Kier alpha value is -3.27. The molecular formula is C24H25NO3. The number of benzene rings is 3. The molecule has 28 heavy (non-hydrogen) atoms. The van der Waals surface area contributed by atoms with Gasteiger partial charge in [0.1, 0.15) is 17.2 Å². The first kappa shape index (κ1) is 19.5. The monoisotopic (exact) mass is 375 g/mol. The molecule has 0 saturated heterocycles. The first-order chi connectivity index (χ1) is 13.5. The zero-order valence-electron chi connectivity index (χ0n) is 16.4. The average molecular weight is 375 g/mol. The number of hydrogen-bond acceptors (Lipinski definition) is 3. The van der Waals surface area contributed by atoms with Crippen molar-refractivity contribution in [1.29, 1.82) is 0 Å². The molecule has 0 saturated carbocycles. The third-order valence-corrected chi connectivity index (χ3v) is 4.31. The largest absolute Gasteiger partial charge is 0.481 e. The van der Waals surface area contributed by atoms with E-state index in [4.69, 9.17) is 9.47 Å². The molecule has 0 aliphatic rings. The van der Waals surface area contributed by atoms with Gasteiger partial charge in [-0.25, -0.2) is 0 Å². The summed E-state index contributed by atoms with van der Waals surface area (Å²) in [6.45, 7) is 5.96. The smallest absolute Gasteiger partial charge is 0.265 e. The van der Waals surface area contributed by atoms with E-state index in [9.17, 15) is 4.79 Å². The van der Waals surface area contributed by atoms with Crippen molar-refractivity contribution < 1.29 is 14.3 Å². The van der Waals surface area contributed by atoms with Gasteiger partial charge in [-0.1, -0.05) is 50.2 Å². The number of para-hydroxylation sites is 2. The Labute approximate surface area is 166 Å². The van der Waals surface area contributed by atoms with Gasteiger partial charge in [0.15, 0.2) is 6.10 Å². The molecule has 3 rings (SSSR count). The molecule has 1 amide bonds. The van der Waals surface area contributed by atoms with Crippen LogP contribution in [0.25, 0.3) is 0 Å². The summed E-state index contributed by atoms with van der Waals surface area (Å²) < 4.78 is 11.7. The van der Waals surface area contributed by atoms with Crippen LogP contribution in [0.3, 0.4) is 0 Å². The molecule has 0 heterocycles. The zero-order chi connectivity index (χ0) is 19.9. The first-order valence-corrected chi connectivity index (χ1v) is 9.42. The number of nitrogens with one attached hydrogen (secondary N) is 1. The molecule has 4 heteroatoms.